The lowest BCUT2D eigenvalue weighted by Gasteiger charge is -2.62. The highest BCUT2D eigenvalue weighted by molar-refractivity contribution is 9.10. The molecule has 2 bridgehead atoms. The van der Waals surface area contributed by atoms with Gasteiger partial charge in [-0.25, -0.2) is 4.68 Å². The topological polar surface area (TPSA) is 56.1 Å². The summed E-state index contributed by atoms with van der Waals surface area (Å²) in [5, 5.41) is 7.97. The Hall–Kier alpha value is -1.66. The first-order valence-electron chi connectivity index (χ1n) is 10.5. The monoisotopic (exact) mass is 459 g/mol. The lowest BCUT2D eigenvalue weighted by atomic mass is 9.45. The van der Waals surface area contributed by atoms with Crippen LogP contribution in [0.3, 0.4) is 0 Å². The van der Waals surface area contributed by atoms with E-state index in [1.54, 1.807) is 6.20 Å². The van der Waals surface area contributed by atoms with Crippen molar-refractivity contribution in [3.05, 3.63) is 56.9 Å². The molecular weight excluding hydrogens is 430 g/mol. The number of fused-ring (bicyclic) bond motifs is 2. The molecule has 29 heavy (non-hydrogen) atoms. The molecule has 3 saturated carbocycles. The van der Waals surface area contributed by atoms with Gasteiger partial charge < -0.3 is 10.1 Å². The Balaban J connectivity index is 1.35. The molecule has 5 nitrogen and oxygen atoms in total. The molecule has 1 N–H and O–H groups in total. The molecule has 3 fully saturated rings. The molecule has 156 valence electrons. The fraction of sp³-hybridized carbons (Fsp3) is 0.565. The standard InChI is InChI=1S/C23H30BrN3O2/c1-15-18-11-17(23(18,2)3)12-19(15)26-20-13-25-27(22(28)21(20)24)9-10-29-14-16-7-5-4-6-8-16/h4-8,13,15,17-19,26H,9-12,14H2,1-3H3/t15-,17+,18-,19-/m1/s1. The lowest BCUT2D eigenvalue weighted by Crippen LogP contribution is -2.58. The third kappa shape index (κ3) is 4.02. The number of hydrogen-bond donors (Lipinski definition) is 1. The summed E-state index contributed by atoms with van der Waals surface area (Å²) in [5.74, 6) is 2.12. The summed E-state index contributed by atoms with van der Waals surface area (Å²) in [5.41, 5.74) is 2.26. The molecule has 1 aromatic carbocycles. The van der Waals surface area contributed by atoms with Crippen LogP contribution in [0.5, 0.6) is 0 Å². The molecule has 1 heterocycles. The van der Waals surface area contributed by atoms with Crippen molar-refractivity contribution < 1.29 is 4.74 Å². The Kier molecular flexibility index (Phi) is 5.85. The summed E-state index contributed by atoms with van der Waals surface area (Å²) in [4.78, 5) is 12.7. The minimum Gasteiger partial charge on any atom is -0.380 e. The first-order valence-corrected chi connectivity index (χ1v) is 11.3. The first kappa shape index (κ1) is 20.6. The Bertz CT molecular complexity index is 912. The summed E-state index contributed by atoms with van der Waals surface area (Å²) < 4.78 is 7.71. The van der Waals surface area contributed by atoms with Gasteiger partial charge in [0, 0.05) is 6.04 Å². The minimum atomic E-state index is -0.118. The van der Waals surface area contributed by atoms with Gasteiger partial charge in [0.1, 0.15) is 4.47 Å². The van der Waals surface area contributed by atoms with E-state index in [4.69, 9.17) is 4.74 Å². The predicted molar refractivity (Wildman–Crippen MR) is 119 cm³/mol. The van der Waals surface area contributed by atoms with Crippen molar-refractivity contribution in [2.45, 2.75) is 52.8 Å². The van der Waals surface area contributed by atoms with Crippen LogP contribution in [-0.4, -0.2) is 22.4 Å². The number of nitrogens with zero attached hydrogens (tertiary/aromatic N) is 2. The van der Waals surface area contributed by atoms with E-state index in [9.17, 15) is 4.79 Å². The molecule has 0 amide bonds. The van der Waals surface area contributed by atoms with E-state index in [1.807, 2.05) is 30.3 Å². The van der Waals surface area contributed by atoms with Crippen LogP contribution in [0.4, 0.5) is 5.69 Å². The van der Waals surface area contributed by atoms with Gasteiger partial charge in [-0.2, -0.15) is 5.10 Å². The van der Waals surface area contributed by atoms with E-state index >= 15 is 0 Å². The molecule has 0 saturated heterocycles. The number of hydrogen-bond acceptors (Lipinski definition) is 4. The van der Waals surface area contributed by atoms with Crippen molar-refractivity contribution in [3.63, 3.8) is 0 Å². The summed E-state index contributed by atoms with van der Waals surface area (Å²) in [6.45, 7) is 8.55. The van der Waals surface area contributed by atoms with Gasteiger partial charge in [-0.3, -0.25) is 4.79 Å². The molecule has 0 unspecified atom stereocenters. The average molecular weight is 460 g/mol. The minimum absolute atomic E-state index is 0.118. The second kappa shape index (κ2) is 8.23. The van der Waals surface area contributed by atoms with E-state index in [1.165, 1.54) is 11.1 Å². The molecule has 5 rings (SSSR count). The predicted octanol–water partition coefficient (Wildman–Crippen LogP) is 4.71. The fourth-order valence-corrected chi connectivity index (χ4v) is 5.60. The van der Waals surface area contributed by atoms with Crippen molar-refractivity contribution in [3.8, 4) is 0 Å². The second-order valence-corrected chi connectivity index (χ2v) is 9.94. The Morgan fingerprint density at radius 3 is 2.72 bits per heavy atom. The molecule has 4 atom stereocenters. The largest absolute Gasteiger partial charge is 0.380 e. The molecule has 2 aromatic rings. The third-order valence-corrected chi connectivity index (χ3v) is 8.01. The zero-order valence-electron chi connectivity index (χ0n) is 17.4. The SMILES string of the molecule is C[C@@H]1[C@H]2C[C@@H](C[C@H]1Nc1cnn(CCOCc3ccccc3)c(=O)c1Br)C2(C)C. The van der Waals surface area contributed by atoms with Crippen LogP contribution in [0.15, 0.2) is 45.8 Å². The number of benzene rings is 1. The van der Waals surface area contributed by atoms with Gasteiger partial charge in [0.25, 0.3) is 5.56 Å². The molecule has 1 aromatic heterocycles. The van der Waals surface area contributed by atoms with Gasteiger partial charge in [0.2, 0.25) is 0 Å². The Labute approximate surface area is 181 Å². The lowest BCUT2D eigenvalue weighted by molar-refractivity contribution is -0.105. The summed E-state index contributed by atoms with van der Waals surface area (Å²) in [6.07, 6.45) is 4.27. The Morgan fingerprint density at radius 2 is 2.03 bits per heavy atom. The van der Waals surface area contributed by atoms with Crippen LogP contribution < -0.4 is 10.9 Å². The number of rotatable bonds is 7. The summed E-state index contributed by atoms with van der Waals surface area (Å²) in [6, 6.07) is 10.4. The second-order valence-electron chi connectivity index (χ2n) is 9.14. The maximum Gasteiger partial charge on any atom is 0.283 e. The summed E-state index contributed by atoms with van der Waals surface area (Å²) >= 11 is 3.50. The highest BCUT2D eigenvalue weighted by Gasteiger charge is 2.56. The van der Waals surface area contributed by atoms with E-state index in [0.717, 1.165) is 29.5 Å². The fourth-order valence-electron chi connectivity index (χ4n) is 5.18. The van der Waals surface area contributed by atoms with Gasteiger partial charge >= 0.3 is 0 Å². The first-order chi connectivity index (χ1) is 13.9. The maximum absolute atomic E-state index is 12.7. The van der Waals surface area contributed by atoms with Crippen LogP contribution in [0.2, 0.25) is 0 Å². The van der Waals surface area contributed by atoms with Crippen molar-refractivity contribution in [1.29, 1.82) is 0 Å². The third-order valence-electron chi connectivity index (χ3n) is 7.24. The smallest absolute Gasteiger partial charge is 0.283 e. The number of aromatic nitrogens is 2. The van der Waals surface area contributed by atoms with E-state index in [-0.39, 0.29) is 5.56 Å². The van der Waals surface area contributed by atoms with E-state index in [0.29, 0.717) is 41.6 Å². The van der Waals surface area contributed by atoms with Gasteiger partial charge in [-0.05, 0) is 57.5 Å². The van der Waals surface area contributed by atoms with E-state index in [2.05, 4.69) is 47.1 Å². The zero-order valence-corrected chi connectivity index (χ0v) is 19.0. The molecular formula is C23H30BrN3O2. The van der Waals surface area contributed by atoms with Crippen LogP contribution in [-0.2, 0) is 17.9 Å². The van der Waals surface area contributed by atoms with Crippen LogP contribution in [0.1, 0.15) is 39.2 Å². The molecule has 6 heteroatoms. The highest BCUT2D eigenvalue weighted by Crippen LogP contribution is 2.61. The van der Waals surface area contributed by atoms with Crippen LogP contribution in [0, 0.1) is 23.2 Å². The van der Waals surface area contributed by atoms with Gasteiger partial charge in [-0.1, -0.05) is 51.1 Å². The van der Waals surface area contributed by atoms with Gasteiger partial charge in [0.15, 0.2) is 0 Å². The van der Waals surface area contributed by atoms with Crippen molar-refractivity contribution >= 4 is 21.6 Å². The zero-order chi connectivity index (χ0) is 20.6. The molecule has 0 aliphatic heterocycles. The number of anilines is 1. The van der Waals surface area contributed by atoms with Gasteiger partial charge in [0.05, 0.1) is 31.6 Å². The molecule has 3 aliphatic carbocycles. The average Bonchev–Trinajstić information content (AvgIpc) is 2.71. The van der Waals surface area contributed by atoms with Crippen molar-refractivity contribution in [1.82, 2.24) is 9.78 Å². The number of nitrogens with one attached hydrogen (secondary N) is 1. The van der Waals surface area contributed by atoms with Crippen molar-refractivity contribution in [2.75, 3.05) is 11.9 Å². The van der Waals surface area contributed by atoms with Gasteiger partial charge in [-0.15, -0.1) is 0 Å². The molecule has 0 spiro atoms. The quantitative estimate of drug-likeness (QED) is 0.609. The number of ether oxygens (including phenoxy) is 1. The molecule has 3 aliphatic rings. The molecule has 0 radical (unpaired) electrons. The highest BCUT2D eigenvalue weighted by atomic mass is 79.9. The van der Waals surface area contributed by atoms with Crippen molar-refractivity contribution in [2.24, 2.45) is 23.2 Å². The van der Waals surface area contributed by atoms with E-state index < -0.39 is 0 Å². The Morgan fingerprint density at radius 1 is 1.28 bits per heavy atom. The summed E-state index contributed by atoms with van der Waals surface area (Å²) in [7, 11) is 0. The van der Waals surface area contributed by atoms with Crippen LogP contribution in [0.25, 0.3) is 0 Å². The number of halogens is 1. The maximum atomic E-state index is 12.7. The normalized spacial score (nSPS) is 27.3. The van der Waals surface area contributed by atoms with Crippen LogP contribution >= 0.6 is 15.9 Å².